The smallest absolute Gasteiger partial charge is 0.273 e. The van der Waals surface area contributed by atoms with Crippen molar-refractivity contribution in [1.29, 1.82) is 0 Å². The van der Waals surface area contributed by atoms with Crippen LogP contribution in [0.25, 0.3) is 0 Å². The molecule has 2 N–H and O–H groups in total. The number of carbonyl (C=O) groups is 2. The van der Waals surface area contributed by atoms with Gasteiger partial charge in [-0.3, -0.25) is 20.4 Å². The third kappa shape index (κ3) is 3.62. The molecule has 0 radical (unpaired) electrons. The molecule has 2 amide bonds. The number of amides is 2. The van der Waals surface area contributed by atoms with Gasteiger partial charge in [0.15, 0.2) is 0 Å². The minimum Gasteiger partial charge on any atom is -0.497 e. The molecule has 4 aliphatic carbocycles. The molecule has 27 heavy (non-hydrogen) atoms. The highest BCUT2D eigenvalue weighted by Crippen LogP contribution is 2.61. The summed E-state index contributed by atoms with van der Waals surface area (Å²) >= 11 is 0. The van der Waals surface area contributed by atoms with Crippen molar-refractivity contribution in [3.05, 3.63) is 23.8 Å². The monoisotopic (exact) mass is 372 g/mol. The molecule has 4 saturated carbocycles. The number of nitrogens with one attached hydrogen (secondary N) is 2. The lowest BCUT2D eigenvalue weighted by Crippen LogP contribution is -2.50. The predicted molar refractivity (Wildman–Crippen MR) is 100 cm³/mol. The van der Waals surface area contributed by atoms with Crippen LogP contribution in [0.3, 0.4) is 0 Å². The zero-order valence-electron chi connectivity index (χ0n) is 16.0. The van der Waals surface area contributed by atoms with E-state index in [1.807, 2.05) is 0 Å². The van der Waals surface area contributed by atoms with Crippen LogP contribution in [0.15, 0.2) is 18.2 Å². The molecule has 5 rings (SSSR count). The van der Waals surface area contributed by atoms with E-state index in [9.17, 15) is 9.59 Å². The molecule has 0 heterocycles. The van der Waals surface area contributed by atoms with Crippen LogP contribution >= 0.6 is 0 Å². The van der Waals surface area contributed by atoms with Gasteiger partial charge >= 0.3 is 0 Å². The first-order valence-corrected chi connectivity index (χ1v) is 9.81. The summed E-state index contributed by atoms with van der Waals surface area (Å²) in [6.07, 6.45) is 8.10. The zero-order valence-corrected chi connectivity index (χ0v) is 16.0. The molecular formula is C21H28N2O4. The number of methoxy groups -OCH3 is 2. The second-order valence-corrected chi connectivity index (χ2v) is 8.66. The highest BCUT2D eigenvalue weighted by Gasteiger charge is 2.51. The highest BCUT2D eigenvalue weighted by atomic mass is 16.5. The van der Waals surface area contributed by atoms with Gasteiger partial charge in [0.05, 0.1) is 19.8 Å². The molecule has 0 unspecified atom stereocenters. The van der Waals surface area contributed by atoms with Crippen molar-refractivity contribution >= 4 is 11.8 Å². The maximum Gasteiger partial charge on any atom is 0.273 e. The van der Waals surface area contributed by atoms with Gasteiger partial charge < -0.3 is 9.47 Å². The Hall–Kier alpha value is -2.24. The van der Waals surface area contributed by atoms with Crippen molar-refractivity contribution in [3.8, 4) is 11.5 Å². The van der Waals surface area contributed by atoms with Crippen molar-refractivity contribution < 1.29 is 19.1 Å². The molecule has 1 aromatic carbocycles. The highest BCUT2D eigenvalue weighted by molar-refractivity contribution is 5.98. The van der Waals surface area contributed by atoms with E-state index in [2.05, 4.69) is 10.9 Å². The molecule has 0 aromatic heterocycles. The summed E-state index contributed by atoms with van der Waals surface area (Å²) in [4.78, 5) is 25.0. The molecule has 0 spiro atoms. The molecule has 4 aliphatic rings. The largest absolute Gasteiger partial charge is 0.497 e. The second-order valence-electron chi connectivity index (χ2n) is 8.66. The first-order chi connectivity index (χ1) is 13.0. The maximum atomic E-state index is 12.5. The van der Waals surface area contributed by atoms with Gasteiger partial charge in [-0.15, -0.1) is 0 Å². The SMILES string of the molecule is COc1ccc(C(=O)NNC(=O)CC23CC4CC(CC(C4)C2)C3)c(OC)c1. The molecule has 6 heteroatoms. The van der Waals surface area contributed by atoms with Gasteiger partial charge in [0, 0.05) is 12.5 Å². The topological polar surface area (TPSA) is 76.7 Å². The van der Waals surface area contributed by atoms with E-state index < -0.39 is 5.91 Å². The molecule has 4 fully saturated rings. The van der Waals surface area contributed by atoms with E-state index >= 15 is 0 Å². The Labute approximate surface area is 160 Å². The number of rotatable bonds is 5. The molecule has 0 atom stereocenters. The van der Waals surface area contributed by atoms with Crippen molar-refractivity contribution in [2.75, 3.05) is 14.2 Å². The van der Waals surface area contributed by atoms with Gasteiger partial charge in [-0.1, -0.05) is 0 Å². The molecule has 0 aliphatic heterocycles. The number of hydrogen-bond acceptors (Lipinski definition) is 4. The van der Waals surface area contributed by atoms with Crippen LogP contribution in [-0.4, -0.2) is 26.0 Å². The molecule has 0 saturated heterocycles. The molecule has 4 bridgehead atoms. The van der Waals surface area contributed by atoms with E-state index in [1.54, 1.807) is 25.3 Å². The maximum absolute atomic E-state index is 12.5. The second kappa shape index (κ2) is 7.06. The summed E-state index contributed by atoms with van der Waals surface area (Å²) in [6, 6.07) is 4.96. The summed E-state index contributed by atoms with van der Waals surface area (Å²) < 4.78 is 10.4. The number of carbonyl (C=O) groups excluding carboxylic acids is 2. The van der Waals surface area contributed by atoms with Gasteiger partial charge in [0.1, 0.15) is 11.5 Å². The van der Waals surface area contributed by atoms with Gasteiger partial charge in [0.2, 0.25) is 5.91 Å². The summed E-state index contributed by atoms with van der Waals surface area (Å²) in [6.45, 7) is 0. The molecule has 146 valence electrons. The molecule has 6 nitrogen and oxygen atoms in total. The Kier molecular flexibility index (Phi) is 4.74. The van der Waals surface area contributed by atoms with Gasteiger partial charge in [-0.05, 0) is 73.8 Å². The quantitative estimate of drug-likeness (QED) is 0.779. The van der Waals surface area contributed by atoms with Crippen LogP contribution in [0.5, 0.6) is 11.5 Å². The normalized spacial score (nSPS) is 30.7. The predicted octanol–water partition coefficient (Wildman–Crippen LogP) is 3.07. The number of benzene rings is 1. The fourth-order valence-electron chi connectivity index (χ4n) is 6.07. The summed E-state index contributed by atoms with van der Waals surface area (Å²) in [5, 5.41) is 0. The van der Waals surface area contributed by atoms with Crippen LogP contribution in [0.1, 0.15) is 55.3 Å². The summed E-state index contributed by atoms with van der Waals surface area (Å²) in [5.41, 5.74) is 5.65. The molecular weight excluding hydrogens is 344 g/mol. The summed E-state index contributed by atoms with van der Waals surface area (Å²) in [7, 11) is 3.05. The Bertz CT molecular complexity index is 710. The van der Waals surface area contributed by atoms with Crippen LogP contribution in [-0.2, 0) is 4.79 Å². The van der Waals surface area contributed by atoms with E-state index in [4.69, 9.17) is 9.47 Å². The van der Waals surface area contributed by atoms with Crippen LogP contribution in [0.4, 0.5) is 0 Å². The number of ether oxygens (including phenoxy) is 2. The first kappa shape index (κ1) is 18.1. The van der Waals surface area contributed by atoms with Crippen molar-refractivity contribution in [1.82, 2.24) is 10.9 Å². The summed E-state index contributed by atoms with van der Waals surface area (Å²) in [5.74, 6) is 2.94. The van der Waals surface area contributed by atoms with Crippen LogP contribution < -0.4 is 20.3 Å². The van der Waals surface area contributed by atoms with Gasteiger partial charge in [-0.25, -0.2) is 0 Å². The lowest BCUT2D eigenvalue weighted by atomic mass is 9.49. The van der Waals surface area contributed by atoms with E-state index in [0.717, 1.165) is 17.8 Å². The standard InChI is InChI=1S/C21H28N2O4/c1-26-16-3-4-17(18(8-16)27-2)20(25)23-22-19(24)12-21-9-13-5-14(10-21)7-15(6-13)11-21/h3-4,8,13-15H,5-7,9-12H2,1-2H3,(H,22,24)(H,23,25). The third-order valence-electron chi connectivity index (χ3n) is 6.67. The van der Waals surface area contributed by atoms with Gasteiger partial charge in [-0.2, -0.15) is 0 Å². The molecule has 1 aromatic rings. The Balaban J connectivity index is 1.35. The Morgan fingerprint density at radius 3 is 2.19 bits per heavy atom. The van der Waals surface area contributed by atoms with E-state index in [0.29, 0.717) is 23.5 Å². The van der Waals surface area contributed by atoms with E-state index in [1.165, 1.54) is 45.6 Å². The van der Waals surface area contributed by atoms with Crippen molar-refractivity contribution in [2.24, 2.45) is 23.2 Å². The minimum absolute atomic E-state index is 0.0993. The minimum atomic E-state index is -0.395. The lowest BCUT2D eigenvalue weighted by Gasteiger charge is -2.56. The average molecular weight is 372 g/mol. The van der Waals surface area contributed by atoms with Crippen LogP contribution in [0.2, 0.25) is 0 Å². The fourth-order valence-corrected chi connectivity index (χ4v) is 6.07. The van der Waals surface area contributed by atoms with Crippen molar-refractivity contribution in [3.63, 3.8) is 0 Å². The number of hydrazine groups is 1. The van der Waals surface area contributed by atoms with Gasteiger partial charge in [0.25, 0.3) is 5.91 Å². The van der Waals surface area contributed by atoms with E-state index in [-0.39, 0.29) is 11.3 Å². The fraction of sp³-hybridized carbons (Fsp3) is 0.619. The lowest BCUT2D eigenvalue weighted by molar-refractivity contribution is -0.130. The van der Waals surface area contributed by atoms with Crippen LogP contribution in [0, 0.1) is 23.2 Å². The average Bonchev–Trinajstić information content (AvgIpc) is 2.64. The van der Waals surface area contributed by atoms with Crippen molar-refractivity contribution in [2.45, 2.75) is 44.9 Å². The zero-order chi connectivity index (χ0) is 19.0. The Morgan fingerprint density at radius 1 is 1.00 bits per heavy atom. The Morgan fingerprint density at radius 2 is 1.63 bits per heavy atom. The number of hydrogen-bond donors (Lipinski definition) is 2. The first-order valence-electron chi connectivity index (χ1n) is 9.81. The third-order valence-corrected chi connectivity index (χ3v) is 6.67.